The molecular formula is C14H19N3O. The van der Waals surface area contributed by atoms with E-state index in [-0.39, 0.29) is 0 Å². The number of hydrogen-bond donors (Lipinski definition) is 1. The maximum Gasteiger partial charge on any atom is 0.121 e. The summed E-state index contributed by atoms with van der Waals surface area (Å²) in [5.74, 6) is 1.59. The average Bonchev–Trinajstić information content (AvgIpc) is 2.57. The largest absolute Gasteiger partial charge is 0.493 e. The normalized spacial score (nSPS) is 10.6. The van der Waals surface area contributed by atoms with Gasteiger partial charge in [0.25, 0.3) is 0 Å². The Balaban J connectivity index is 1.92. The van der Waals surface area contributed by atoms with Crippen LogP contribution in [0.2, 0.25) is 0 Å². The van der Waals surface area contributed by atoms with Crippen LogP contribution < -0.4 is 10.5 Å². The van der Waals surface area contributed by atoms with E-state index in [0.29, 0.717) is 12.4 Å². The molecule has 0 aliphatic rings. The highest BCUT2D eigenvalue weighted by Crippen LogP contribution is 2.16. The molecule has 2 rings (SSSR count). The van der Waals surface area contributed by atoms with Gasteiger partial charge in [0, 0.05) is 19.5 Å². The number of benzene rings is 1. The Morgan fingerprint density at radius 1 is 1.17 bits per heavy atom. The summed E-state index contributed by atoms with van der Waals surface area (Å²) in [6, 6.07) is 8.09. The minimum absolute atomic E-state index is 0.610. The molecule has 0 atom stereocenters. The summed E-state index contributed by atoms with van der Waals surface area (Å²) < 4.78 is 7.40. The molecule has 0 spiro atoms. The molecule has 0 fully saturated rings. The molecule has 4 heteroatoms. The van der Waals surface area contributed by atoms with Crippen LogP contribution in [0.15, 0.2) is 24.3 Å². The molecule has 0 amide bonds. The van der Waals surface area contributed by atoms with E-state index in [2.05, 4.69) is 25.0 Å². The van der Waals surface area contributed by atoms with E-state index in [0.717, 1.165) is 17.9 Å². The maximum absolute atomic E-state index is 5.73. The lowest BCUT2D eigenvalue weighted by Gasteiger charge is -2.07. The van der Waals surface area contributed by atoms with Crippen LogP contribution in [0.3, 0.4) is 0 Å². The van der Waals surface area contributed by atoms with Crippen LogP contribution in [-0.4, -0.2) is 16.4 Å². The molecule has 0 aliphatic carbocycles. The number of hydrogen-bond acceptors (Lipinski definition) is 3. The first-order valence-corrected chi connectivity index (χ1v) is 6.04. The lowest BCUT2D eigenvalue weighted by atomic mass is 10.1. The zero-order valence-corrected chi connectivity index (χ0v) is 11.1. The molecule has 0 radical (unpaired) electrons. The van der Waals surface area contributed by atoms with Crippen LogP contribution in [0.5, 0.6) is 5.75 Å². The summed E-state index contributed by atoms with van der Waals surface area (Å²) >= 11 is 0. The molecule has 0 saturated heterocycles. The van der Waals surface area contributed by atoms with Crippen LogP contribution in [0.4, 0.5) is 5.82 Å². The van der Waals surface area contributed by atoms with Crippen molar-refractivity contribution in [3.63, 3.8) is 0 Å². The lowest BCUT2D eigenvalue weighted by molar-refractivity contribution is 0.319. The van der Waals surface area contributed by atoms with E-state index in [4.69, 9.17) is 10.5 Å². The van der Waals surface area contributed by atoms with E-state index >= 15 is 0 Å². The van der Waals surface area contributed by atoms with Gasteiger partial charge in [-0.3, -0.25) is 4.68 Å². The Labute approximate surface area is 107 Å². The van der Waals surface area contributed by atoms with Gasteiger partial charge in [-0.15, -0.1) is 0 Å². The minimum atomic E-state index is 0.610. The first kappa shape index (κ1) is 12.5. The Bertz CT molecular complexity index is 506. The quantitative estimate of drug-likeness (QED) is 0.898. The number of aromatic nitrogens is 2. The molecule has 96 valence electrons. The molecule has 4 nitrogen and oxygen atoms in total. The molecule has 2 N–H and O–H groups in total. The number of aryl methyl sites for hydroxylation is 3. The first-order chi connectivity index (χ1) is 8.54. The summed E-state index contributed by atoms with van der Waals surface area (Å²) in [6.07, 6.45) is 0.762. The standard InChI is InChI=1S/C14H19N3O/c1-10-6-11(2)8-13(7-10)18-5-4-12-9-14(15)17(3)16-12/h6-9H,4-5,15H2,1-3H3. The Morgan fingerprint density at radius 3 is 2.39 bits per heavy atom. The van der Waals surface area contributed by atoms with Gasteiger partial charge in [0.1, 0.15) is 11.6 Å². The Hall–Kier alpha value is -1.97. The molecule has 1 aromatic heterocycles. The van der Waals surface area contributed by atoms with Gasteiger partial charge in [-0.1, -0.05) is 6.07 Å². The van der Waals surface area contributed by atoms with Gasteiger partial charge in [0.05, 0.1) is 12.3 Å². The fourth-order valence-corrected chi connectivity index (χ4v) is 1.96. The third-order valence-corrected chi connectivity index (χ3v) is 2.79. The first-order valence-electron chi connectivity index (χ1n) is 6.04. The molecule has 0 bridgehead atoms. The van der Waals surface area contributed by atoms with E-state index in [1.54, 1.807) is 4.68 Å². The highest BCUT2D eigenvalue weighted by atomic mass is 16.5. The van der Waals surface area contributed by atoms with E-state index < -0.39 is 0 Å². The van der Waals surface area contributed by atoms with Gasteiger partial charge in [0.15, 0.2) is 0 Å². The second kappa shape index (κ2) is 5.12. The van der Waals surface area contributed by atoms with Crippen molar-refractivity contribution < 1.29 is 4.74 Å². The lowest BCUT2D eigenvalue weighted by Crippen LogP contribution is -2.03. The van der Waals surface area contributed by atoms with Crippen molar-refractivity contribution in [2.24, 2.45) is 7.05 Å². The highest BCUT2D eigenvalue weighted by molar-refractivity contribution is 5.33. The summed E-state index contributed by atoms with van der Waals surface area (Å²) in [7, 11) is 1.84. The van der Waals surface area contributed by atoms with Gasteiger partial charge in [-0.2, -0.15) is 5.10 Å². The summed E-state index contributed by atoms with van der Waals surface area (Å²) in [4.78, 5) is 0. The smallest absolute Gasteiger partial charge is 0.121 e. The van der Waals surface area contributed by atoms with Crippen LogP contribution >= 0.6 is 0 Å². The number of nitrogen functional groups attached to an aromatic ring is 1. The van der Waals surface area contributed by atoms with Crippen molar-refractivity contribution >= 4 is 5.82 Å². The van der Waals surface area contributed by atoms with Crippen molar-refractivity contribution in [3.8, 4) is 5.75 Å². The van der Waals surface area contributed by atoms with E-state index in [9.17, 15) is 0 Å². The predicted molar refractivity (Wildman–Crippen MR) is 72.7 cm³/mol. The number of nitrogens with two attached hydrogens (primary N) is 1. The summed E-state index contributed by atoms with van der Waals surface area (Å²) in [5.41, 5.74) is 9.11. The van der Waals surface area contributed by atoms with Crippen molar-refractivity contribution in [2.45, 2.75) is 20.3 Å². The third-order valence-electron chi connectivity index (χ3n) is 2.79. The zero-order valence-electron chi connectivity index (χ0n) is 11.1. The Kier molecular flexibility index (Phi) is 3.55. The van der Waals surface area contributed by atoms with E-state index in [1.807, 2.05) is 25.2 Å². The predicted octanol–water partition coefficient (Wildman–Crippen LogP) is 2.24. The molecule has 0 unspecified atom stereocenters. The highest BCUT2D eigenvalue weighted by Gasteiger charge is 2.02. The van der Waals surface area contributed by atoms with Gasteiger partial charge >= 0.3 is 0 Å². The van der Waals surface area contributed by atoms with Crippen molar-refractivity contribution in [1.29, 1.82) is 0 Å². The fourth-order valence-electron chi connectivity index (χ4n) is 1.96. The molecule has 18 heavy (non-hydrogen) atoms. The van der Waals surface area contributed by atoms with Crippen molar-refractivity contribution in [3.05, 3.63) is 41.1 Å². The van der Waals surface area contributed by atoms with E-state index in [1.165, 1.54) is 11.1 Å². The molecule has 1 heterocycles. The van der Waals surface area contributed by atoms with Crippen LogP contribution in [0.25, 0.3) is 0 Å². The van der Waals surface area contributed by atoms with Crippen molar-refractivity contribution in [1.82, 2.24) is 9.78 Å². The number of rotatable bonds is 4. The minimum Gasteiger partial charge on any atom is -0.493 e. The zero-order chi connectivity index (χ0) is 13.1. The third kappa shape index (κ3) is 3.03. The summed E-state index contributed by atoms with van der Waals surface area (Å²) in [5, 5.41) is 4.29. The van der Waals surface area contributed by atoms with Gasteiger partial charge in [-0.05, 0) is 37.1 Å². The van der Waals surface area contributed by atoms with Crippen LogP contribution in [0.1, 0.15) is 16.8 Å². The maximum atomic E-state index is 5.73. The molecule has 1 aromatic carbocycles. The summed E-state index contributed by atoms with van der Waals surface area (Å²) in [6.45, 7) is 4.75. The second-order valence-electron chi connectivity index (χ2n) is 4.61. The van der Waals surface area contributed by atoms with Crippen LogP contribution in [0, 0.1) is 13.8 Å². The molecule has 2 aromatic rings. The van der Waals surface area contributed by atoms with Gasteiger partial charge < -0.3 is 10.5 Å². The Morgan fingerprint density at radius 2 is 1.83 bits per heavy atom. The number of anilines is 1. The van der Waals surface area contributed by atoms with Crippen LogP contribution in [-0.2, 0) is 13.5 Å². The fraction of sp³-hybridized carbons (Fsp3) is 0.357. The number of nitrogens with zero attached hydrogens (tertiary/aromatic N) is 2. The monoisotopic (exact) mass is 245 g/mol. The SMILES string of the molecule is Cc1cc(C)cc(OCCc2cc(N)n(C)n2)c1. The van der Waals surface area contributed by atoms with Gasteiger partial charge in [-0.25, -0.2) is 0 Å². The topological polar surface area (TPSA) is 53.1 Å². The number of ether oxygens (including phenoxy) is 1. The molecule has 0 aliphatic heterocycles. The molecular weight excluding hydrogens is 226 g/mol. The van der Waals surface area contributed by atoms with Gasteiger partial charge in [0.2, 0.25) is 0 Å². The average molecular weight is 245 g/mol. The second-order valence-corrected chi connectivity index (χ2v) is 4.61. The molecule has 0 saturated carbocycles. The van der Waals surface area contributed by atoms with Crippen molar-refractivity contribution in [2.75, 3.05) is 12.3 Å².